The molecule has 0 unspecified atom stereocenters. The molecule has 1 spiro atoms. The molecule has 0 saturated heterocycles. The summed E-state index contributed by atoms with van der Waals surface area (Å²) in [6.07, 6.45) is 6.32. The largest absolute Gasteiger partial charge is 0.309 e. The Bertz CT molecular complexity index is 2850. The molecule has 0 atom stereocenters. The van der Waals surface area contributed by atoms with E-state index >= 15 is 0 Å². The van der Waals surface area contributed by atoms with Gasteiger partial charge in [0.15, 0.2) is 0 Å². The standard InChI is InChI=1S/C57H47N/c1-56(2)48-28-12-7-24-43(48)47-38-40(34-35-49(47)56)42-23-10-15-32-53(42)58(52-31-14-9-22-41(52)39-20-5-3-6-21-39)54-33-16-11-25-44(54)45-27-19-30-51-55(45)46-26-8-13-29-50(46)57(51)36-17-4-18-37-57/h3,5-16,19-35,38H,4,17-18,36-37H2,1-2H3. The molecule has 0 bridgehead atoms. The van der Waals surface area contributed by atoms with Crippen molar-refractivity contribution in [2.24, 2.45) is 0 Å². The highest BCUT2D eigenvalue weighted by Crippen LogP contribution is 2.59. The van der Waals surface area contributed by atoms with Crippen LogP contribution < -0.4 is 4.90 Å². The maximum atomic E-state index is 2.55. The summed E-state index contributed by atoms with van der Waals surface area (Å²) in [5.74, 6) is 0. The highest BCUT2D eigenvalue weighted by Gasteiger charge is 2.44. The number of nitrogens with zero attached hydrogens (tertiary/aromatic N) is 1. The predicted molar refractivity (Wildman–Crippen MR) is 244 cm³/mol. The van der Waals surface area contributed by atoms with Gasteiger partial charge in [-0.15, -0.1) is 0 Å². The average Bonchev–Trinajstić information content (AvgIpc) is 3.69. The van der Waals surface area contributed by atoms with E-state index in [1.807, 2.05) is 0 Å². The van der Waals surface area contributed by atoms with Gasteiger partial charge in [-0.25, -0.2) is 0 Å². The molecule has 11 rings (SSSR count). The molecule has 8 aromatic carbocycles. The van der Waals surface area contributed by atoms with Crippen LogP contribution in [0.4, 0.5) is 17.1 Å². The van der Waals surface area contributed by atoms with Crippen LogP contribution in [-0.2, 0) is 10.8 Å². The third-order valence-electron chi connectivity index (χ3n) is 13.7. The molecule has 0 radical (unpaired) electrons. The van der Waals surface area contributed by atoms with Crippen LogP contribution in [0, 0.1) is 0 Å². The summed E-state index contributed by atoms with van der Waals surface area (Å²) in [6.45, 7) is 4.72. The molecule has 0 N–H and O–H groups in total. The molecule has 1 heteroatoms. The number of fused-ring (bicyclic) bond motifs is 8. The van der Waals surface area contributed by atoms with Gasteiger partial charge in [0.25, 0.3) is 0 Å². The zero-order chi connectivity index (χ0) is 38.8. The minimum absolute atomic E-state index is 0.0473. The van der Waals surface area contributed by atoms with Crippen LogP contribution in [0.25, 0.3) is 55.6 Å². The minimum Gasteiger partial charge on any atom is -0.309 e. The van der Waals surface area contributed by atoms with Crippen molar-refractivity contribution in [2.45, 2.75) is 56.8 Å². The molecule has 0 heterocycles. The van der Waals surface area contributed by atoms with Gasteiger partial charge in [-0.1, -0.05) is 197 Å². The lowest BCUT2D eigenvalue weighted by Crippen LogP contribution is -2.27. The molecule has 1 nitrogen and oxygen atoms in total. The lowest BCUT2D eigenvalue weighted by molar-refractivity contribution is 0.353. The molecule has 58 heavy (non-hydrogen) atoms. The van der Waals surface area contributed by atoms with Gasteiger partial charge in [0.2, 0.25) is 0 Å². The van der Waals surface area contributed by atoms with Gasteiger partial charge in [0, 0.05) is 27.5 Å². The fourth-order valence-electron chi connectivity index (χ4n) is 11.0. The van der Waals surface area contributed by atoms with Gasteiger partial charge >= 0.3 is 0 Å². The Morgan fingerprint density at radius 1 is 0.345 bits per heavy atom. The molecule has 8 aromatic rings. The SMILES string of the molecule is CC1(C)c2ccccc2-c2cc(-c3ccccc3N(c3ccccc3-c3ccccc3)c3ccccc3-c3cccc4c3-c3ccccc3C43CCCCC3)ccc21. The monoisotopic (exact) mass is 745 g/mol. The van der Waals surface area contributed by atoms with Gasteiger partial charge < -0.3 is 4.90 Å². The van der Waals surface area contributed by atoms with Crippen molar-refractivity contribution in [2.75, 3.05) is 4.90 Å². The summed E-state index contributed by atoms with van der Waals surface area (Å²) in [4.78, 5) is 2.55. The van der Waals surface area contributed by atoms with Crippen LogP contribution in [0.2, 0.25) is 0 Å². The Morgan fingerprint density at radius 3 is 1.55 bits per heavy atom. The van der Waals surface area contributed by atoms with Crippen molar-refractivity contribution in [3.8, 4) is 55.6 Å². The fourth-order valence-corrected chi connectivity index (χ4v) is 11.0. The first-order chi connectivity index (χ1) is 28.5. The first-order valence-corrected chi connectivity index (χ1v) is 21.2. The van der Waals surface area contributed by atoms with Crippen LogP contribution in [0.5, 0.6) is 0 Å². The fraction of sp³-hybridized carbons (Fsp3) is 0.158. The number of rotatable bonds is 6. The number of benzene rings is 8. The smallest absolute Gasteiger partial charge is 0.0540 e. The van der Waals surface area contributed by atoms with Gasteiger partial charge in [0.1, 0.15) is 0 Å². The molecular formula is C57H47N. The first-order valence-electron chi connectivity index (χ1n) is 21.2. The highest BCUT2D eigenvalue weighted by molar-refractivity contribution is 6.02. The third-order valence-corrected chi connectivity index (χ3v) is 13.7. The molecule has 1 fully saturated rings. The van der Waals surface area contributed by atoms with E-state index in [9.17, 15) is 0 Å². The second kappa shape index (κ2) is 13.6. The summed E-state index contributed by atoms with van der Waals surface area (Å²) in [5.41, 5.74) is 22.2. The average molecular weight is 746 g/mol. The summed E-state index contributed by atoms with van der Waals surface area (Å²) < 4.78 is 0. The minimum atomic E-state index is -0.0473. The molecular weight excluding hydrogens is 699 g/mol. The van der Waals surface area contributed by atoms with Crippen molar-refractivity contribution in [3.63, 3.8) is 0 Å². The maximum Gasteiger partial charge on any atom is 0.0540 e. The summed E-state index contributed by atoms with van der Waals surface area (Å²) >= 11 is 0. The zero-order valence-electron chi connectivity index (χ0n) is 33.4. The molecule has 280 valence electrons. The zero-order valence-corrected chi connectivity index (χ0v) is 33.4. The van der Waals surface area contributed by atoms with E-state index in [-0.39, 0.29) is 10.8 Å². The number of hydrogen-bond donors (Lipinski definition) is 0. The Hall–Kier alpha value is -6.44. The number of para-hydroxylation sites is 3. The lowest BCUT2D eigenvalue weighted by Gasteiger charge is -2.36. The van der Waals surface area contributed by atoms with Crippen molar-refractivity contribution in [3.05, 3.63) is 210 Å². The van der Waals surface area contributed by atoms with Crippen molar-refractivity contribution in [1.29, 1.82) is 0 Å². The Morgan fingerprint density at radius 2 is 0.845 bits per heavy atom. The lowest BCUT2D eigenvalue weighted by atomic mass is 9.68. The van der Waals surface area contributed by atoms with E-state index in [4.69, 9.17) is 0 Å². The van der Waals surface area contributed by atoms with Crippen LogP contribution in [0.15, 0.2) is 188 Å². The van der Waals surface area contributed by atoms with E-state index in [1.165, 1.54) is 116 Å². The second-order valence-corrected chi connectivity index (χ2v) is 17.1. The van der Waals surface area contributed by atoms with E-state index < -0.39 is 0 Å². The Balaban J connectivity index is 1.16. The van der Waals surface area contributed by atoms with Crippen LogP contribution >= 0.6 is 0 Å². The summed E-state index contributed by atoms with van der Waals surface area (Å²) in [5, 5.41) is 0. The Labute approximate surface area is 343 Å². The van der Waals surface area contributed by atoms with Crippen LogP contribution in [0.1, 0.15) is 68.2 Å². The second-order valence-electron chi connectivity index (χ2n) is 17.1. The number of hydrogen-bond acceptors (Lipinski definition) is 1. The van der Waals surface area contributed by atoms with E-state index in [2.05, 4.69) is 207 Å². The van der Waals surface area contributed by atoms with Gasteiger partial charge in [-0.3, -0.25) is 0 Å². The van der Waals surface area contributed by atoms with Gasteiger partial charge in [-0.2, -0.15) is 0 Å². The normalized spacial score (nSPS) is 15.3. The quantitative estimate of drug-likeness (QED) is 0.164. The first kappa shape index (κ1) is 34.8. The molecule has 0 aromatic heterocycles. The van der Waals surface area contributed by atoms with Crippen molar-refractivity contribution in [1.82, 2.24) is 0 Å². The third kappa shape index (κ3) is 5.22. The Kier molecular flexibility index (Phi) is 8.15. The van der Waals surface area contributed by atoms with Gasteiger partial charge in [-0.05, 0) is 98.3 Å². The van der Waals surface area contributed by atoms with Crippen LogP contribution in [0.3, 0.4) is 0 Å². The summed E-state index contributed by atoms with van der Waals surface area (Å²) in [6, 6.07) is 70.6. The molecule has 1 saturated carbocycles. The van der Waals surface area contributed by atoms with Crippen molar-refractivity contribution < 1.29 is 0 Å². The van der Waals surface area contributed by atoms with E-state index in [1.54, 1.807) is 0 Å². The maximum absolute atomic E-state index is 2.55. The highest BCUT2D eigenvalue weighted by atomic mass is 15.1. The van der Waals surface area contributed by atoms with E-state index in [0.29, 0.717) is 0 Å². The topological polar surface area (TPSA) is 3.24 Å². The molecule has 0 amide bonds. The summed E-state index contributed by atoms with van der Waals surface area (Å²) in [7, 11) is 0. The predicted octanol–water partition coefficient (Wildman–Crippen LogP) is 15.7. The van der Waals surface area contributed by atoms with Crippen LogP contribution in [-0.4, -0.2) is 0 Å². The number of anilines is 3. The molecule has 0 aliphatic heterocycles. The molecule has 3 aliphatic carbocycles. The van der Waals surface area contributed by atoms with Gasteiger partial charge in [0.05, 0.1) is 17.1 Å². The van der Waals surface area contributed by atoms with Crippen molar-refractivity contribution >= 4 is 17.1 Å². The van der Waals surface area contributed by atoms with E-state index in [0.717, 1.165) is 11.4 Å². The molecule has 3 aliphatic rings.